The highest BCUT2D eigenvalue weighted by molar-refractivity contribution is 5.50. The average Bonchev–Trinajstić information content (AvgIpc) is 2.95. The van der Waals surface area contributed by atoms with Gasteiger partial charge in [0, 0.05) is 18.7 Å². The van der Waals surface area contributed by atoms with Crippen LogP contribution in [-0.2, 0) is 6.42 Å². The highest BCUT2D eigenvalue weighted by atomic mass is 16.4. The molecule has 1 aliphatic heterocycles. The van der Waals surface area contributed by atoms with Crippen LogP contribution in [0.15, 0.2) is 34.7 Å². The average molecular weight is 272 g/mol. The van der Waals surface area contributed by atoms with Gasteiger partial charge in [0.05, 0.1) is 0 Å². The van der Waals surface area contributed by atoms with E-state index in [1.807, 2.05) is 30.3 Å². The van der Waals surface area contributed by atoms with Crippen molar-refractivity contribution in [1.29, 1.82) is 0 Å². The van der Waals surface area contributed by atoms with Gasteiger partial charge in [0.1, 0.15) is 0 Å². The normalized spacial score (nSPS) is 16.2. The second-order valence-corrected chi connectivity index (χ2v) is 5.14. The Morgan fingerprint density at radius 2 is 1.85 bits per heavy atom. The molecule has 5 nitrogen and oxygen atoms in total. The Balaban J connectivity index is 1.51. The molecule has 0 amide bonds. The number of piperidine rings is 1. The monoisotopic (exact) mass is 272 g/mol. The van der Waals surface area contributed by atoms with E-state index in [4.69, 9.17) is 4.42 Å². The molecule has 0 saturated carbocycles. The molecule has 1 aliphatic rings. The first-order chi connectivity index (χ1) is 9.90. The molecule has 0 spiro atoms. The molecule has 3 rings (SSSR count). The van der Waals surface area contributed by atoms with Gasteiger partial charge in [-0.3, -0.25) is 0 Å². The summed E-state index contributed by atoms with van der Waals surface area (Å²) in [5, 5.41) is 11.2. The van der Waals surface area contributed by atoms with Crippen LogP contribution in [0.5, 0.6) is 0 Å². The molecule has 1 fully saturated rings. The molecular formula is C15H20N4O. The van der Waals surface area contributed by atoms with E-state index in [0.29, 0.717) is 11.9 Å². The summed E-state index contributed by atoms with van der Waals surface area (Å²) in [6.45, 7) is 3.40. The van der Waals surface area contributed by atoms with Gasteiger partial charge in [-0.05, 0) is 38.1 Å². The number of aromatic nitrogens is 2. The summed E-state index contributed by atoms with van der Waals surface area (Å²) in [6.07, 6.45) is 4.81. The zero-order valence-electron chi connectivity index (χ0n) is 11.6. The number of nitrogens with one attached hydrogen (secondary N) is 1. The molecule has 0 unspecified atom stereocenters. The lowest BCUT2D eigenvalue weighted by Gasteiger charge is -2.25. The second-order valence-electron chi connectivity index (χ2n) is 5.14. The summed E-state index contributed by atoms with van der Waals surface area (Å²) in [6, 6.07) is 10.3. The molecule has 0 aliphatic carbocycles. The first kappa shape index (κ1) is 13.1. The summed E-state index contributed by atoms with van der Waals surface area (Å²) >= 11 is 0. The van der Waals surface area contributed by atoms with Gasteiger partial charge in [-0.25, -0.2) is 0 Å². The van der Waals surface area contributed by atoms with Crippen molar-refractivity contribution >= 4 is 11.7 Å². The summed E-state index contributed by atoms with van der Waals surface area (Å²) in [4.78, 5) is 2.47. The van der Waals surface area contributed by atoms with Gasteiger partial charge in [0.2, 0.25) is 5.89 Å². The van der Waals surface area contributed by atoms with E-state index in [1.165, 1.54) is 32.4 Å². The van der Waals surface area contributed by atoms with E-state index >= 15 is 0 Å². The minimum atomic E-state index is 0.463. The molecule has 1 saturated heterocycles. The number of hydrogen-bond acceptors (Lipinski definition) is 5. The molecular weight excluding hydrogens is 252 g/mol. The minimum absolute atomic E-state index is 0.463. The molecule has 0 atom stereocenters. The maximum atomic E-state index is 5.62. The molecule has 2 aromatic rings. The van der Waals surface area contributed by atoms with Crippen molar-refractivity contribution in [2.24, 2.45) is 0 Å². The van der Waals surface area contributed by atoms with Gasteiger partial charge in [-0.15, -0.1) is 5.10 Å². The van der Waals surface area contributed by atoms with Gasteiger partial charge >= 0.3 is 6.01 Å². The minimum Gasteiger partial charge on any atom is -0.408 e. The summed E-state index contributed by atoms with van der Waals surface area (Å²) in [5.74, 6) is 0.703. The lowest BCUT2D eigenvalue weighted by molar-refractivity contribution is 0.226. The van der Waals surface area contributed by atoms with Crippen molar-refractivity contribution in [2.45, 2.75) is 25.7 Å². The topological polar surface area (TPSA) is 54.2 Å². The fourth-order valence-electron chi connectivity index (χ4n) is 2.49. The molecule has 106 valence electrons. The Morgan fingerprint density at radius 3 is 2.65 bits per heavy atom. The standard InChI is InChI=1S/C15H20N4O/c1-3-7-13(8-4-1)16-15-18-17-14(20-15)9-12-19-10-5-2-6-11-19/h1,3-4,7-8H,2,5-6,9-12H2,(H,16,18). The van der Waals surface area contributed by atoms with Gasteiger partial charge in [-0.2, -0.15) is 0 Å². The van der Waals surface area contributed by atoms with E-state index in [1.54, 1.807) is 0 Å². The zero-order valence-corrected chi connectivity index (χ0v) is 11.6. The highest BCUT2D eigenvalue weighted by Crippen LogP contribution is 2.15. The number of likely N-dealkylation sites (tertiary alicyclic amines) is 1. The smallest absolute Gasteiger partial charge is 0.320 e. The largest absolute Gasteiger partial charge is 0.408 e. The predicted octanol–water partition coefficient (Wildman–Crippen LogP) is 2.84. The zero-order chi connectivity index (χ0) is 13.6. The van der Waals surface area contributed by atoms with Crippen molar-refractivity contribution in [2.75, 3.05) is 25.0 Å². The van der Waals surface area contributed by atoms with E-state index < -0.39 is 0 Å². The number of rotatable bonds is 5. The van der Waals surface area contributed by atoms with Crippen LogP contribution in [0.3, 0.4) is 0 Å². The van der Waals surface area contributed by atoms with Crippen LogP contribution >= 0.6 is 0 Å². The quantitative estimate of drug-likeness (QED) is 0.907. The molecule has 2 heterocycles. The Labute approximate surface area is 119 Å². The van der Waals surface area contributed by atoms with Crippen molar-refractivity contribution < 1.29 is 4.42 Å². The lowest BCUT2D eigenvalue weighted by atomic mass is 10.1. The summed E-state index contributed by atoms with van der Waals surface area (Å²) in [7, 11) is 0. The Hall–Kier alpha value is -1.88. The third-order valence-corrected chi connectivity index (χ3v) is 3.58. The van der Waals surface area contributed by atoms with E-state index in [2.05, 4.69) is 20.4 Å². The van der Waals surface area contributed by atoms with Gasteiger partial charge in [0.15, 0.2) is 0 Å². The number of anilines is 2. The van der Waals surface area contributed by atoms with Crippen LogP contribution < -0.4 is 5.32 Å². The van der Waals surface area contributed by atoms with Gasteiger partial charge < -0.3 is 14.6 Å². The van der Waals surface area contributed by atoms with Crippen molar-refractivity contribution in [3.05, 3.63) is 36.2 Å². The SMILES string of the molecule is c1ccc(Nc2nnc(CCN3CCCCC3)o2)cc1. The molecule has 5 heteroatoms. The number of nitrogens with zero attached hydrogens (tertiary/aromatic N) is 3. The Bertz CT molecular complexity index is 520. The third kappa shape index (κ3) is 3.57. The van der Waals surface area contributed by atoms with Gasteiger partial charge in [-0.1, -0.05) is 29.7 Å². The van der Waals surface area contributed by atoms with E-state index in [-0.39, 0.29) is 0 Å². The molecule has 0 radical (unpaired) electrons. The van der Waals surface area contributed by atoms with E-state index in [0.717, 1.165) is 18.7 Å². The second kappa shape index (κ2) is 6.52. The number of hydrogen-bond donors (Lipinski definition) is 1. The molecule has 1 aromatic heterocycles. The lowest BCUT2D eigenvalue weighted by Crippen LogP contribution is -2.31. The molecule has 0 bridgehead atoms. The van der Waals surface area contributed by atoms with Crippen LogP contribution in [-0.4, -0.2) is 34.7 Å². The molecule has 1 N–H and O–H groups in total. The van der Waals surface area contributed by atoms with Crippen molar-refractivity contribution in [1.82, 2.24) is 15.1 Å². The highest BCUT2D eigenvalue weighted by Gasteiger charge is 2.12. The number of para-hydroxylation sites is 1. The Kier molecular flexibility index (Phi) is 4.28. The third-order valence-electron chi connectivity index (χ3n) is 3.58. The molecule has 20 heavy (non-hydrogen) atoms. The first-order valence-corrected chi connectivity index (χ1v) is 7.27. The maximum absolute atomic E-state index is 5.62. The van der Waals surface area contributed by atoms with Crippen molar-refractivity contribution in [3.63, 3.8) is 0 Å². The van der Waals surface area contributed by atoms with Crippen LogP contribution in [0.4, 0.5) is 11.7 Å². The summed E-state index contributed by atoms with van der Waals surface area (Å²) < 4.78 is 5.62. The first-order valence-electron chi connectivity index (χ1n) is 7.27. The fraction of sp³-hybridized carbons (Fsp3) is 0.467. The van der Waals surface area contributed by atoms with Gasteiger partial charge in [0.25, 0.3) is 0 Å². The maximum Gasteiger partial charge on any atom is 0.320 e. The van der Waals surface area contributed by atoms with E-state index in [9.17, 15) is 0 Å². The summed E-state index contributed by atoms with van der Waals surface area (Å²) in [5.41, 5.74) is 0.957. The van der Waals surface area contributed by atoms with Crippen LogP contribution in [0.1, 0.15) is 25.2 Å². The molecule has 1 aromatic carbocycles. The van der Waals surface area contributed by atoms with Crippen LogP contribution in [0.25, 0.3) is 0 Å². The fourth-order valence-corrected chi connectivity index (χ4v) is 2.49. The van der Waals surface area contributed by atoms with Crippen LogP contribution in [0.2, 0.25) is 0 Å². The number of benzene rings is 1. The van der Waals surface area contributed by atoms with Crippen molar-refractivity contribution in [3.8, 4) is 0 Å². The van der Waals surface area contributed by atoms with Crippen LogP contribution in [0, 0.1) is 0 Å². The Morgan fingerprint density at radius 1 is 1.05 bits per heavy atom. The predicted molar refractivity (Wildman–Crippen MR) is 78.0 cm³/mol.